The minimum atomic E-state index is -0.441. The molecule has 3 rings (SSSR count). The van der Waals surface area contributed by atoms with E-state index in [2.05, 4.69) is 15.3 Å². The third kappa shape index (κ3) is 1.40. The summed E-state index contributed by atoms with van der Waals surface area (Å²) in [6, 6.07) is 3.47. The van der Waals surface area contributed by atoms with E-state index in [9.17, 15) is 4.39 Å². The lowest BCUT2D eigenvalue weighted by Gasteiger charge is -2.17. The largest absolute Gasteiger partial charge is 0.326 e. The van der Waals surface area contributed by atoms with E-state index in [0.717, 1.165) is 31.2 Å². The summed E-state index contributed by atoms with van der Waals surface area (Å²) in [7, 11) is 0. The van der Waals surface area contributed by atoms with Crippen LogP contribution in [0.3, 0.4) is 0 Å². The third-order valence-electron chi connectivity index (χ3n) is 2.77. The van der Waals surface area contributed by atoms with Crippen molar-refractivity contribution in [2.45, 2.75) is 13.1 Å². The van der Waals surface area contributed by atoms with Crippen molar-refractivity contribution in [3.63, 3.8) is 0 Å². The summed E-state index contributed by atoms with van der Waals surface area (Å²) in [5.41, 5.74) is 1.32. The van der Waals surface area contributed by atoms with Gasteiger partial charge in [0.25, 0.3) is 0 Å². The average molecular weight is 218 g/mol. The molecule has 16 heavy (non-hydrogen) atoms. The third-order valence-corrected chi connectivity index (χ3v) is 2.77. The molecule has 2 aromatic rings. The van der Waals surface area contributed by atoms with Gasteiger partial charge in [0.15, 0.2) is 0 Å². The van der Waals surface area contributed by atoms with Gasteiger partial charge in [0.1, 0.15) is 5.82 Å². The van der Waals surface area contributed by atoms with Crippen molar-refractivity contribution in [2.75, 3.05) is 6.54 Å². The normalized spacial score (nSPS) is 14.8. The molecular formula is C11H11FN4. The van der Waals surface area contributed by atoms with Gasteiger partial charge in [-0.25, -0.2) is 9.97 Å². The van der Waals surface area contributed by atoms with Crippen molar-refractivity contribution in [2.24, 2.45) is 0 Å². The fourth-order valence-electron chi connectivity index (χ4n) is 1.99. The fraction of sp³-hybridized carbons (Fsp3) is 0.273. The van der Waals surface area contributed by atoms with Crippen molar-refractivity contribution < 1.29 is 4.39 Å². The molecule has 0 spiro atoms. The summed E-state index contributed by atoms with van der Waals surface area (Å²) in [4.78, 5) is 7.94. The molecule has 0 saturated heterocycles. The molecule has 1 aliphatic heterocycles. The van der Waals surface area contributed by atoms with Crippen LogP contribution in [0.4, 0.5) is 4.39 Å². The zero-order valence-electron chi connectivity index (χ0n) is 8.65. The summed E-state index contributed by atoms with van der Waals surface area (Å²) in [5, 5.41) is 3.23. The lowest BCUT2D eigenvalue weighted by Crippen LogP contribution is -2.28. The number of fused-ring (bicyclic) bond motifs is 1. The van der Waals surface area contributed by atoms with E-state index in [1.54, 1.807) is 18.3 Å². The van der Waals surface area contributed by atoms with Crippen molar-refractivity contribution in [3.8, 4) is 11.3 Å². The highest BCUT2D eigenvalue weighted by atomic mass is 19.1. The van der Waals surface area contributed by atoms with Crippen LogP contribution in [0.5, 0.6) is 0 Å². The number of hydrogen-bond acceptors (Lipinski definition) is 3. The Bertz CT molecular complexity index is 520. The number of nitrogens with zero attached hydrogens (tertiary/aromatic N) is 3. The maximum Gasteiger partial charge on any atom is 0.222 e. The number of imidazole rings is 1. The molecule has 3 heterocycles. The van der Waals surface area contributed by atoms with Crippen LogP contribution >= 0.6 is 0 Å². The Morgan fingerprint density at radius 1 is 1.38 bits per heavy atom. The minimum Gasteiger partial charge on any atom is -0.326 e. The zero-order chi connectivity index (χ0) is 11.0. The van der Waals surface area contributed by atoms with Crippen LogP contribution in [0.2, 0.25) is 0 Å². The Balaban J connectivity index is 2.13. The number of rotatable bonds is 1. The first-order valence-electron chi connectivity index (χ1n) is 5.22. The van der Waals surface area contributed by atoms with Gasteiger partial charge >= 0.3 is 0 Å². The molecule has 0 atom stereocenters. The van der Waals surface area contributed by atoms with Gasteiger partial charge in [-0.2, -0.15) is 4.39 Å². The quantitative estimate of drug-likeness (QED) is 0.731. The summed E-state index contributed by atoms with van der Waals surface area (Å²) in [6.45, 7) is 2.44. The van der Waals surface area contributed by atoms with Gasteiger partial charge in [-0.05, 0) is 12.1 Å². The van der Waals surface area contributed by atoms with Crippen LogP contribution in [0, 0.1) is 5.95 Å². The van der Waals surface area contributed by atoms with Crippen LogP contribution in [0.25, 0.3) is 11.3 Å². The second kappa shape index (κ2) is 3.68. The first-order chi connectivity index (χ1) is 7.86. The van der Waals surface area contributed by atoms with Gasteiger partial charge in [-0.15, -0.1) is 0 Å². The second-order valence-corrected chi connectivity index (χ2v) is 3.73. The molecule has 0 bridgehead atoms. The van der Waals surface area contributed by atoms with E-state index in [0.29, 0.717) is 5.56 Å². The van der Waals surface area contributed by atoms with Gasteiger partial charge in [-0.1, -0.05) is 0 Å². The number of aromatic nitrogens is 3. The average Bonchev–Trinajstić information content (AvgIpc) is 2.74. The molecule has 0 aliphatic carbocycles. The summed E-state index contributed by atoms with van der Waals surface area (Å²) in [6.07, 6.45) is 3.16. The molecule has 0 radical (unpaired) electrons. The second-order valence-electron chi connectivity index (χ2n) is 3.73. The minimum absolute atomic E-state index is 0.441. The first kappa shape index (κ1) is 9.47. The Kier molecular flexibility index (Phi) is 2.18. The molecule has 0 aromatic carbocycles. The number of nitrogens with one attached hydrogen (secondary N) is 1. The SMILES string of the molecule is Fc1ncccc1-c1cnc2n1CCNC2. The Morgan fingerprint density at radius 2 is 2.31 bits per heavy atom. The van der Waals surface area contributed by atoms with Crippen LogP contribution < -0.4 is 5.32 Å². The molecule has 0 fully saturated rings. The van der Waals surface area contributed by atoms with E-state index < -0.39 is 5.95 Å². The molecule has 4 nitrogen and oxygen atoms in total. The zero-order valence-corrected chi connectivity index (χ0v) is 8.65. The van der Waals surface area contributed by atoms with Crippen LogP contribution in [-0.2, 0) is 13.1 Å². The van der Waals surface area contributed by atoms with Crippen molar-refractivity contribution >= 4 is 0 Å². The molecule has 2 aromatic heterocycles. The predicted molar refractivity (Wildman–Crippen MR) is 57.1 cm³/mol. The van der Waals surface area contributed by atoms with Crippen molar-refractivity contribution in [3.05, 3.63) is 36.3 Å². The van der Waals surface area contributed by atoms with E-state index in [1.807, 2.05) is 4.57 Å². The van der Waals surface area contributed by atoms with Crippen molar-refractivity contribution in [1.82, 2.24) is 19.9 Å². The predicted octanol–water partition coefficient (Wildman–Crippen LogP) is 1.19. The van der Waals surface area contributed by atoms with Crippen LogP contribution in [0.15, 0.2) is 24.5 Å². The van der Waals surface area contributed by atoms with Crippen molar-refractivity contribution in [1.29, 1.82) is 0 Å². The number of halogens is 1. The monoisotopic (exact) mass is 218 g/mol. The number of hydrogen-bond donors (Lipinski definition) is 1. The van der Waals surface area contributed by atoms with Gasteiger partial charge in [-0.3, -0.25) is 0 Å². The lowest BCUT2D eigenvalue weighted by atomic mass is 10.2. The molecule has 0 unspecified atom stereocenters. The number of pyridine rings is 1. The maximum absolute atomic E-state index is 13.6. The van der Waals surface area contributed by atoms with Gasteiger partial charge in [0.2, 0.25) is 5.95 Å². The highest BCUT2D eigenvalue weighted by Gasteiger charge is 2.16. The van der Waals surface area contributed by atoms with Gasteiger partial charge in [0, 0.05) is 19.3 Å². The van der Waals surface area contributed by atoms with E-state index in [1.165, 1.54) is 6.20 Å². The van der Waals surface area contributed by atoms with Crippen LogP contribution in [0.1, 0.15) is 5.82 Å². The first-order valence-corrected chi connectivity index (χ1v) is 5.22. The van der Waals surface area contributed by atoms with E-state index >= 15 is 0 Å². The molecule has 0 amide bonds. The van der Waals surface area contributed by atoms with Gasteiger partial charge in [0.05, 0.1) is 24.0 Å². The molecule has 1 N–H and O–H groups in total. The summed E-state index contributed by atoms with van der Waals surface area (Å²) < 4.78 is 15.6. The van der Waals surface area contributed by atoms with E-state index in [-0.39, 0.29) is 0 Å². The highest BCUT2D eigenvalue weighted by Crippen LogP contribution is 2.23. The summed E-state index contributed by atoms with van der Waals surface area (Å²) in [5.74, 6) is 0.508. The smallest absolute Gasteiger partial charge is 0.222 e. The molecule has 1 aliphatic rings. The lowest BCUT2D eigenvalue weighted by molar-refractivity contribution is 0.506. The molecule has 0 saturated carbocycles. The fourth-order valence-corrected chi connectivity index (χ4v) is 1.99. The van der Waals surface area contributed by atoms with E-state index in [4.69, 9.17) is 0 Å². The molecule has 5 heteroatoms. The summed E-state index contributed by atoms with van der Waals surface area (Å²) >= 11 is 0. The standard InChI is InChI=1S/C11H11FN4/c12-11-8(2-1-3-14-11)9-6-15-10-7-13-4-5-16(9)10/h1-3,6,13H,4-5,7H2. The Morgan fingerprint density at radius 3 is 3.19 bits per heavy atom. The van der Waals surface area contributed by atoms with Crippen LogP contribution in [-0.4, -0.2) is 21.1 Å². The molecule has 82 valence electrons. The molecular weight excluding hydrogens is 207 g/mol. The Hall–Kier alpha value is -1.75. The Labute approximate surface area is 92.2 Å². The topological polar surface area (TPSA) is 42.7 Å². The maximum atomic E-state index is 13.6. The van der Waals surface area contributed by atoms with Gasteiger partial charge < -0.3 is 9.88 Å². The highest BCUT2D eigenvalue weighted by molar-refractivity contribution is 5.58.